The molecule has 1 atom stereocenters. The number of nitrogens with two attached hydrogens (primary N) is 1. The lowest BCUT2D eigenvalue weighted by Crippen LogP contribution is -2.54. The van der Waals surface area contributed by atoms with E-state index in [1.807, 2.05) is 35.4 Å². The highest BCUT2D eigenvalue weighted by molar-refractivity contribution is 7.98. The zero-order chi connectivity index (χ0) is 18.9. The Kier molecular flexibility index (Phi) is 10.6. The van der Waals surface area contributed by atoms with Gasteiger partial charge in [-0.25, -0.2) is 0 Å². The molecule has 1 fully saturated rings. The van der Waals surface area contributed by atoms with Crippen molar-refractivity contribution in [1.29, 1.82) is 0 Å². The Bertz CT molecular complexity index is 592. The standard InChI is InChI=1S/C19H29N3O3S.ClH/c1-25-16-6-3-15(4-7-16)5-8-18(23)21-10-12-22(13-11-21)19(24)17(20)9-14-26-2;/h3-4,6-7,17H,5,8-14,20H2,1-2H3;1H/t17-;/m0./s1. The van der Waals surface area contributed by atoms with Crippen molar-refractivity contribution in [2.45, 2.75) is 25.3 Å². The van der Waals surface area contributed by atoms with Crippen LogP contribution in [0.15, 0.2) is 24.3 Å². The smallest absolute Gasteiger partial charge is 0.239 e. The zero-order valence-corrected chi connectivity index (χ0v) is 17.7. The summed E-state index contributed by atoms with van der Waals surface area (Å²) in [5.41, 5.74) is 7.09. The number of thioether (sulfide) groups is 1. The Morgan fingerprint density at radius 2 is 1.74 bits per heavy atom. The van der Waals surface area contributed by atoms with Crippen LogP contribution in [0.5, 0.6) is 5.75 Å². The molecule has 1 heterocycles. The third-order valence-electron chi connectivity index (χ3n) is 4.68. The van der Waals surface area contributed by atoms with E-state index < -0.39 is 6.04 Å². The van der Waals surface area contributed by atoms with Crippen molar-refractivity contribution in [1.82, 2.24) is 9.80 Å². The molecule has 1 saturated heterocycles. The molecule has 2 amide bonds. The highest BCUT2D eigenvalue weighted by Gasteiger charge is 2.26. The zero-order valence-electron chi connectivity index (χ0n) is 16.1. The highest BCUT2D eigenvalue weighted by atomic mass is 35.5. The summed E-state index contributed by atoms with van der Waals surface area (Å²) in [6, 6.07) is 7.35. The maximum atomic E-state index is 12.4. The summed E-state index contributed by atoms with van der Waals surface area (Å²) >= 11 is 1.69. The average Bonchev–Trinajstić information content (AvgIpc) is 2.70. The molecule has 1 aromatic rings. The largest absolute Gasteiger partial charge is 0.497 e. The van der Waals surface area contributed by atoms with Gasteiger partial charge in [0.1, 0.15) is 5.75 Å². The molecule has 0 unspecified atom stereocenters. The van der Waals surface area contributed by atoms with Crippen molar-refractivity contribution in [3.63, 3.8) is 0 Å². The second-order valence-corrected chi connectivity index (χ2v) is 7.43. The molecular weight excluding hydrogens is 386 g/mol. The molecular formula is C19H30ClN3O3S. The van der Waals surface area contributed by atoms with E-state index in [1.54, 1.807) is 23.8 Å². The van der Waals surface area contributed by atoms with Gasteiger partial charge in [0.2, 0.25) is 11.8 Å². The van der Waals surface area contributed by atoms with Crippen molar-refractivity contribution in [3.05, 3.63) is 29.8 Å². The van der Waals surface area contributed by atoms with Crippen LogP contribution >= 0.6 is 24.2 Å². The van der Waals surface area contributed by atoms with Crippen molar-refractivity contribution < 1.29 is 14.3 Å². The first-order chi connectivity index (χ1) is 12.5. The molecule has 6 nitrogen and oxygen atoms in total. The highest BCUT2D eigenvalue weighted by Crippen LogP contribution is 2.14. The quantitative estimate of drug-likeness (QED) is 0.700. The Morgan fingerprint density at radius 3 is 2.30 bits per heavy atom. The number of carbonyl (C=O) groups is 2. The number of ether oxygens (including phenoxy) is 1. The van der Waals surface area contributed by atoms with Crippen LogP contribution in [0.25, 0.3) is 0 Å². The van der Waals surface area contributed by atoms with Crippen LogP contribution < -0.4 is 10.5 Å². The maximum Gasteiger partial charge on any atom is 0.239 e. The summed E-state index contributed by atoms with van der Waals surface area (Å²) in [4.78, 5) is 28.4. The second kappa shape index (κ2) is 12.1. The summed E-state index contributed by atoms with van der Waals surface area (Å²) in [7, 11) is 1.64. The van der Waals surface area contributed by atoms with Crippen LogP contribution in [0.1, 0.15) is 18.4 Å². The van der Waals surface area contributed by atoms with Gasteiger partial charge in [0.15, 0.2) is 0 Å². The number of carbonyl (C=O) groups excluding carboxylic acids is 2. The van der Waals surface area contributed by atoms with Gasteiger partial charge in [-0.15, -0.1) is 12.4 Å². The third kappa shape index (κ3) is 7.24. The van der Waals surface area contributed by atoms with E-state index in [4.69, 9.17) is 10.5 Å². The van der Waals surface area contributed by atoms with Crippen LogP contribution in [0, 0.1) is 0 Å². The van der Waals surface area contributed by atoms with Gasteiger partial charge in [0.05, 0.1) is 13.2 Å². The monoisotopic (exact) mass is 415 g/mol. The Hall–Kier alpha value is -1.44. The SMILES string of the molecule is COc1ccc(CCC(=O)N2CCN(C(=O)[C@@H](N)CCSC)CC2)cc1.Cl. The first-order valence-electron chi connectivity index (χ1n) is 8.99. The van der Waals surface area contributed by atoms with Crippen LogP contribution in [-0.2, 0) is 16.0 Å². The fourth-order valence-corrected chi connectivity index (χ4v) is 3.47. The molecule has 2 rings (SSSR count). The number of hydrogen-bond donors (Lipinski definition) is 1. The fourth-order valence-electron chi connectivity index (χ4n) is 2.98. The van der Waals surface area contributed by atoms with Crippen molar-refractivity contribution in [3.8, 4) is 5.75 Å². The second-order valence-electron chi connectivity index (χ2n) is 6.44. The molecule has 0 bridgehead atoms. The summed E-state index contributed by atoms with van der Waals surface area (Å²) in [6.45, 7) is 2.31. The minimum Gasteiger partial charge on any atom is -0.497 e. The van der Waals surface area contributed by atoms with E-state index in [-0.39, 0.29) is 24.2 Å². The number of halogens is 1. The first kappa shape index (κ1) is 23.6. The first-order valence-corrected chi connectivity index (χ1v) is 10.4. The van der Waals surface area contributed by atoms with Gasteiger partial charge in [0.25, 0.3) is 0 Å². The minimum atomic E-state index is -0.431. The maximum absolute atomic E-state index is 12.4. The fraction of sp³-hybridized carbons (Fsp3) is 0.579. The lowest BCUT2D eigenvalue weighted by molar-refractivity contribution is -0.140. The number of amides is 2. The summed E-state index contributed by atoms with van der Waals surface area (Å²) in [5.74, 6) is 1.84. The molecule has 0 aromatic heterocycles. The molecule has 1 aliphatic heterocycles. The molecule has 2 N–H and O–H groups in total. The van der Waals surface area contributed by atoms with Gasteiger partial charge in [0, 0.05) is 32.6 Å². The molecule has 8 heteroatoms. The van der Waals surface area contributed by atoms with Crippen molar-refractivity contribution in [2.24, 2.45) is 5.73 Å². The number of aryl methyl sites for hydroxylation is 1. The predicted octanol–water partition coefficient (Wildman–Crippen LogP) is 1.80. The van der Waals surface area contributed by atoms with Crippen molar-refractivity contribution in [2.75, 3.05) is 45.3 Å². The molecule has 0 radical (unpaired) electrons. The van der Waals surface area contributed by atoms with Crippen LogP contribution in [0.3, 0.4) is 0 Å². The minimum absolute atomic E-state index is 0. The summed E-state index contributed by atoms with van der Waals surface area (Å²) < 4.78 is 5.14. The molecule has 152 valence electrons. The topological polar surface area (TPSA) is 75.9 Å². The molecule has 27 heavy (non-hydrogen) atoms. The van der Waals surface area contributed by atoms with Crippen LogP contribution in [0.2, 0.25) is 0 Å². The van der Waals surface area contributed by atoms with Gasteiger partial charge in [-0.2, -0.15) is 11.8 Å². The molecule has 0 saturated carbocycles. The number of methoxy groups -OCH3 is 1. The van der Waals surface area contributed by atoms with E-state index in [1.165, 1.54) is 0 Å². The number of rotatable bonds is 8. The van der Waals surface area contributed by atoms with Crippen LogP contribution in [0.4, 0.5) is 0 Å². The average molecular weight is 416 g/mol. The van der Waals surface area contributed by atoms with E-state index >= 15 is 0 Å². The van der Waals surface area contributed by atoms with Gasteiger partial charge in [-0.1, -0.05) is 12.1 Å². The molecule has 1 aliphatic rings. The Balaban J connectivity index is 0.00000364. The van der Waals surface area contributed by atoms with Crippen molar-refractivity contribution >= 4 is 36.0 Å². The summed E-state index contributed by atoms with van der Waals surface area (Å²) in [6.07, 6.45) is 3.89. The molecule has 0 aliphatic carbocycles. The van der Waals surface area contributed by atoms with E-state index in [2.05, 4.69) is 0 Å². The lowest BCUT2D eigenvalue weighted by atomic mass is 10.1. The van der Waals surface area contributed by atoms with Gasteiger partial charge >= 0.3 is 0 Å². The molecule has 1 aromatic carbocycles. The van der Waals surface area contributed by atoms with E-state index in [0.717, 1.165) is 17.1 Å². The number of benzene rings is 1. The Labute approximate surface area is 172 Å². The number of piperazine rings is 1. The van der Waals surface area contributed by atoms with Crippen LogP contribution in [-0.4, -0.2) is 73.0 Å². The number of nitrogens with zero attached hydrogens (tertiary/aromatic N) is 2. The lowest BCUT2D eigenvalue weighted by Gasteiger charge is -2.36. The number of hydrogen-bond acceptors (Lipinski definition) is 5. The van der Waals surface area contributed by atoms with Gasteiger partial charge in [-0.05, 0) is 42.5 Å². The predicted molar refractivity (Wildman–Crippen MR) is 113 cm³/mol. The summed E-state index contributed by atoms with van der Waals surface area (Å²) in [5, 5.41) is 0. The third-order valence-corrected chi connectivity index (χ3v) is 5.32. The van der Waals surface area contributed by atoms with Gasteiger partial charge in [-0.3, -0.25) is 9.59 Å². The normalized spacial score (nSPS) is 15.1. The van der Waals surface area contributed by atoms with E-state index in [0.29, 0.717) is 45.4 Å². The van der Waals surface area contributed by atoms with E-state index in [9.17, 15) is 9.59 Å². The molecule has 0 spiro atoms. The Morgan fingerprint density at radius 1 is 1.15 bits per heavy atom. The van der Waals surface area contributed by atoms with Gasteiger partial charge < -0.3 is 20.3 Å².